The van der Waals surface area contributed by atoms with Crippen LogP contribution in [0.5, 0.6) is 5.75 Å². The standard InChI is InChI=1S/C16H11Cl2FN2O2/c1-9(23-14-4-2-3-12(17)15(14)18)16(22)21-11-5-6-13(19)10(7-11)8-20/h2-7,9H,1H3,(H,21,22). The number of benzene rings is 2. The van der Waals surface area contributed by atoms with Gasteiger partial charge in [-0.15, -0.1) is 0 Å². The lowest BCUT2D eigenvalue weighted by molar-refractivity contribution is -0.122. The van der Waals surface area contributed by atoms with E-state index in [1.54, 1.807) is 24.3 Å². The van der Waals surface area contributed by atoms with Crippen LogP contribution < -0.4 is 10.1 Å². The summed E-state index contributed by atoms with van der Waals surface area (Å²) in [5.41, 5.74) is 0.134. The number of hydrogen-bond acceptors (Lipinski definition) is 3. The molecule has 0 radical (unpaired) electrons. The molecule has 0 bridgehead atoms. The van der Waals surface area contributed by atoms with Gasteiger partial charge in [0.1, 0.15) is 22.7 Å². The molecule has 2 rings (SSSR count). The molecular weight excluding hydrogens is 342 g/mol. The minimum absolute atomic E-state index is 0.158. The van der Waals surface area contributed by atoms with Gasteiger partial charge in [-0.25, -0.2) is 4.39 Å². The van der Waals surface area contributed by atoms with Crippen molar-refractivity contribution >= 4 is 34.8 Å². The van der Waals surface area contributed by atoms with Crippen LogP contribution in [0.4, 0.5) is 10.1 Å². The first-order valence-corrected chi connectivity index (χ1v) is 7.29. The number of nitriles is 1. The molecule has 2 aromatic rings. The first kappa shape index (κ1) is 17.1. The number of nitrogens with one attached hydrogen (secondary N) is 1. The second-order valence-corrected chi connectivity index (χ2v) is 5.39. The zero-order chi connectivity index (χ0) is 17.0. The molecule has 1 amide bonds. The maximum Gasteiger partial charge on any atom is 0.265 e. The van der Waals surface area contributed by atoms with E-state index in [9.17, 15) is 9.18 Å². The summed E-state index contributed by atoms with van der Waals surface area (Å²) >= 11 is 11.9. The molecule has 0 heterocycles. The molecule has 1 N–H and O–H groups in total. The normalized spacial score (nSPS) is 11.4. The van der Waals surface area contributed by atoms with Crippen LogP contribution in [0.25, 0.3) is 0 Å². The second-order valence-electron chi connectivity index (χ2n) is 4.61. The van der Waals surface area contributed by atoms with Crippen molar-refractivity contribution in [2.75, 3.05) is 5.32 Å². The third kappa shape index (κ3) is 4.13. The van der Waals surface area contributed by atoms with Crippen molar-refractivity contribution in [2.24, 2.45) is 0 Å². The van der Waals surface area contributed by atoms with E-state index in [-0.39, 0.29) is 16.3 Å². The Bertz CT molecular complexity index is 790. The molecule has 0 saturated heterocycles. The average Bonchev–Trinajstić information content (AvgIpc) is 2.53. The highest BCUT2D eigenvalue weighted by Crippen LogP contribution is 2.32. The molecular formula is C16H11Cl2FN2O2. The second kappa shape index (κ2) is 7.32. The molecule has 118 valence electrons. The molecule has 0 aromatic heterocycles. The van der Waals surface area contributed by atoms with Crippen molar-refractivity contribution in [2.45, 2.75) is 13.0 Å². The highest BCUT2D eigenvalue weighted by atomic mass is 35.5. The van der Waals surface area contributed by atoms with Crippen LogP contribution >= 0.6 is 23.2 Å². The number of halogens is 3. The number of carbonyl (C=O) groups excluding carboxylic acids is 1. The van der Waals surface area contributed by atoms with Crippen LogP contribution in [0.1, 0.15) is 12.5 Å². The smallest absolute Gasteiger partial charge is 0.265 e. The quantitative estimate of drug-likeness (QED) is 0.886. The predicted octanol–water partition coefficient (Wildman–Crippen LogP) is 4.41. The summed E-state index contributed by atoms with van der Waals surface area (Å²) in [5, 5.41) is 11.8. The van der Waals surface area contributed by atoms with Gasteiger partial charge < -0.3 is 10.1 Å². The number of amides is 1. The monoisotopic (exact) mass is 352 g/mol. The van der Waals surface area contributed by atoms with Gasteiger partial charge in [-0.05, 0) is 37.3 Å². The Kier molecular flexibility index (Phi) is 5.43. The van der Waals surface area contributed by atoms with Crippen molar-refractivity contribution in [1.29, 1.82) is 5.26 Å². The molecule has 0 saturated carbocycles. The van der Waals surface area contributed by atoms with Gasteiger partial charge in [0.15, 0.2) is 6.10 Å². The van der Waals surface area contributed by atoms with Crippen molar-refractivity contribution in [3.05, 3.63) is 57.8 Å². The molecule has 0 spiro atoms. The van der Waals surface area contributed by atoms with Crippen LogP contribution in [0.3, 0.4) is 0 Å². The fraction of sp³-hybridized carbons (Fsp3) is 0.125. The van der Waals surface area contributed by atoms with Gasteiger partial charge in [0.05, 0.1) is 10.6 Å². The van der Waals surface area contributed by atoms with E-state index in [0.29, 0.717) is 10.7 Å². The van der Waals surface area contributed by atoms with E-state index in [4.69, 9.17) is 33.2 Å². The number of ether oxygens (including phenoxy) is 1. The van der Waals surface area contributed by atoms with Gasteiger partial charge in [0, 0.05) is 5.69 Å². The first-order chi connectivity index (χ1) is 10.9. The fourth-order valence-electron chi connectivity index (χ4n) is 1.75. The third-order valence-electron chi connectivity index (χ3n) is 2.94. The van der Waals surface area contributed by atoms with E-state index in [0.717, 1.165) is 6.07 Å². The van der Waals surface area contributed by atoms with Gasteiger partial charge in [-0.1, -0.05) is 29.3 Å². The Morgan fingerprint density at radius 1 is 1.35 bits per heavy atom. The van der Waals surface area contributed by atoms with Gasteiger partial charge in [0.25, 0.3) is 5.91 Å². The van der Waals surface area contributed by atoms with Gasteiger partial charge >= 0.3 is 0 Å². The van der Waals surface area contributed by atoms with E-state index >= 15 is 0 Å². The first-order valence-electron chi connectivity index (χ1n) is 6.53. The van der Waals surface area contributed by atoms with Crippen LogP contribution in [-0.2, 0) is 4.79 Å². The molecule has 4 nitrogen and oxygen atoms in total. The summed E-state index contributed by atoms with van der Waals surface area (Å²) in [6, 6.07) is 10.2. The molecule has 1 unspecified atom stereocenters. The average molecular weight is 353 g/mol. The molecule has 0 aliphatic heterocycles. The number of anilines is 1. The zero-order valence-corrected chi connectivity index (χ0v) is 13.5. The Labute approximate surface area is 142 Å². The molecule has 0 aliphatic rings. The topological polar surface area (TPSA) is 62.1 Å². The highest BCUT2D eigenvalue weighted by molar-refractivity contribution is 6.42. The summed E-state index contributed by atoms with van der Waals surface area (Å²) in [5.74, 6) is -0.851. The Hall–Kier alpha value is -2.29. The third-order valence-corrected chi connectivity index (χ3v) is 3.75. The zero-order valence-electron chi connectivity index (χ0n) is 11.9. The molecule has 0 aliphatic carbocycles. The van der Waals surface area contributed by atoms with Gasteiger partial charge in [-0.2, -0.15) is 5.26 Å². The minimum atomic E-state index is -0.874. The highest BCUT2D eigenvalue weighted by Gasteiger charge is 2.17. The van der Waals surface area contributed by atoms with E-state index in [1.165, 1.54) is 19.1 Å². The minimum Gasteiger partial charge on any atom is -0.479 e. The Morgan fingerprint density at radius 3 is 2.78 bits per heavy atom. The Balaban J connectivity index is 2.09. The van der Waals surface area contributed by atoms with Crippen molar-refractivity contribution < 1.29 is 13.9 Å². The van der Waals surface area contributed by atoms with Crippen LogP contribution in [0, 0.1) is 17.1 Å². The lowest BCUT2D eigenvalue weighted by Crippen LogP contribution is -2.30. The Morgan fingerprint density at radius 2 is 2.09 bits per heavy atom. The van der Waals surface area contributed by atoms with Crippen LogP contribution in [0.15, 0.2) is 36.4 Å². The molecule has 2 aromatic carbocycles. The summed E-state index contributed by atoms with van der Waals surface area (Å²) in [6.45, 7) is 1.53. The lowest BCUT2D eigenvalue weighted by Gasteiger charge is -2.16. The number of carbonyl (C=O) groups is 1. The number of rotatable bonds is 4. The molecule has 7 heteroatoms. The summed E-state index contributed by atoms with van der Waals surface area (Å²) in [6.07, 6.45) is -0.874. The van der Waals surface area contributed by atoms with Crippen LogP contribution in [0.2, 0.25) is 10.0 Å². The molecule has 1 atom stereocenters. The van der Waals surface area contributed by atoms with Gasteiger partial charge in [0.2, 0.25) is 0 Å². The summed E-state index contributed by atoms with van der Waals surface area (Å²) in [7, 11) is 0. The fourth-order valence-corrected chi connectivity index (χ4v) is 2.09. The van der Waals surface area contributed by atoms with Crippen molar-refractivity contribution in [1.82, 2.24) is 0 Å². The van der Waals surface area contributed by atoms with E-state index < -0.39 is 17.8 Å². The summed E-state index contributed by atoms with van der Waals surface area (Å²) < 4.78 is 18.7. The molecule has 0 fully saturated rings. The summed E-state index contributed by atoms with van der Waals surface area (Å²) in [4.78, 5) is 12.1. The van der Waals surface area contributed by atoms with E-state index in [1.807, 2.05) is 0 Å². The molecule has 23 heavy (non-hydrogen) atoms. The van der Waals surface area contributed by atoms with E-state index in [2.05, 4.69) is 5.32 Å². The number of nitrogens with zero attached hydrogens (tertiary/aromatic N) is 1. The maximum absolute atomic E-state index is 13.2. The predicted molar refractivity (Wildman–Crippen MR) is 86.3 cm³/mol. The van der Waals surface area contributed by atoms with Crippen molar-refractivity contribution in [3.63, 3.8) is 0 Å². The number of hydrogen-bond donors (Lipinski definition) is 1. The maximum atomic E-state index is 13.2. The largest absolute Gasteiger partial charge is 0.479 e. The lowest BCUT2D eigenvalue weighted by atomic mass is 10.2. The van der Waals surface area contributed by atoms with Gasteiger partial charge in [-0.3, -0.25) is 4.79 Å². The van der Waals surface area contributed by atoms with Crippen LogP contribution in [-0.4, -0.2) is 12.0 Å². The van der Waals surface area contributed by atoms with Crippen molar-refractivity contribution in [3.8, 4) is 11.8 Å². The SMILES string of the molecule is CC(Oc1cccc(Cl)c1Cl)C(=O)Nc1ccc(F)c(C#N)c1.